The summed E-state index contributed by atoms with van der Waals surface area (Å²) in [7, 11) is 1.71. The van der Waals surface area contributed by atoms with E-state index in [1.807, 2.05) is 48.6 Å². The highest BCUT2D eigenvalue weighted by Gasteiger charge is 2.31. The molecule has 7 heteroatoms. The quantitative estimate of drug-likeness (QED) is 0.596. The summed E-state index contributed by atoms with van der Waals surface area (Å²) in [6, 6.07) is 2.65. The van der Waals surface area contributed by atoms with Crippen molar-refractivity contribution in [1.29, 1.82) is 0 Å². The summed E-state index contributed by atoms with van der Waals surface area (Å²) >= 11 is 3.46. The number of fused-ring (bicyclic) bond motifs is 1. The van der Waals surface area contributed by atoms with Crippen LogP contribution in [0.5, 0.6) is 0 Å². The van der Waals surface area contributed by atoms with Crippen molar-refractivity contribution >= 4 is 27.7 Å². The van der Waals surface area contributed by atoms with Gasteiger partial charge >= 0.3 is 0 Å². The Balaban J connectivity index is 1.39. The summed E-state index contributed by atoms with van der Waals surface area (Å²) in [5, 5.41) is 2.82. The Morgan fingerprint density at radius 2 is 2.19 bits per heavy atom. The maximum Gasteiger partial charge on any atom is 0.287 e. The standard InChI is InChI=1S/C25H23BrN2O4/c1-28-22-9-4-2-3-6-17(22)10-14-21(25(28)30)27-24(29)23-15-13-20(32-23)16-31-19-8-5-7-18(26)11-12-19/h2-5,8-9,11-13,15,21H,7,10,14,16H2,1H3,(H,27,29)/t21-/m0/s1. The third-order valence-electron chi connectivity index (χ3n) is 5.30. The highest BCUT2D eigenvalue weighted by atomic mass is 79.9. The molecule has 0 saturated carbocycles. The van der Waals surface area contributed by atoms with E-state index < -0.39 is 11.9 Å². The van der Waals surface area contributed by atoms with E-state index in [1.165, 1.54) is 0 Å². The van der Waals surface area contributed by atoms with E-state index in [2.05, 4.69) is 27.0 Å². The number of ether oxygens (including phenoxy) is 1. The molecule has 0 spiro atoms. The van der Waals surface area contributed by atoms with Gasteiger partial charge in [-0.1, -0.05) is 34.2 Å². The lowest BCUT2D eigenvalue weighted by molar-refractivity contribution is -0.129. The molecule has 4 rings (SSSR count). The Labute approximate surface area is 195 Å². The Bertz CT molecular complexity index is 1140. The minimum Gasteiger partial charge on any atom is -0.486 e. The average Bonchev–Trinajstić information content (AvgIpc) is 2.94. The predicted octanol–water partition coefficient (Wildman–Crippen LogP) is 4.80. The molecule has 1 aromatic rings. The largest absolute Gasteiger partial charge is 0.486 e. The van der Waals surface area contributed by atoms with E-state index >= 15 is 0 Å². The molecule has 164 valence electrons. The van der Waals surface area contributed by atoms with E-state index in [0.717, 1.165) is 22.2 Å². The second kappa shape index (κ2) is 9.90. The first-order valence-corrected chi connectivity index (χ1v) is 11.2. The Hall–Kier alpha value is -3.28. The number of likely N-dealkylation sites (N-methyl/N-ethyl adjacent to an activating group) is 1. The highest BCUT2D eigenvalue weighted by molar-refractivity contribution is 9.11. The molecule has 6 nitrogen and oxygen atoms in total. The molecule has 0 radical (unpaired) electrons. The molecular formula is C25H23BrN2O4. The number of furan rings is 1. The number of likely N-dealkylation sites (tertiary alicyclic amines) is 1. The van der Waals surface area contributed by atoms with Gasteiger partial charge in [0.05, 0.1) is 5.70 Å². The third kappa shape index (κ3) is 5.13. The lowest BCUT2D eigenvalue weighted by Crippen LogP contribution is -2.45. The summed E-state index contributed by atoms with van der Waals surface area (Å²) in [5.41, 5.74) is 4.96. The molecule has 2 amide bonds. The molecule has 1 fully saturated rings. The zero-order valence-electron chi connectivity index (χ0n) is 17.6. The number of nitrogens with one attached hydrogen (secondary N) is 1. The van der Waals surface area contributed by atoms with Crippen LogP contribution in [0.2, 0.25) is 0 Å². The Morgan fingerprint density at radius 1 is 1.31 bits per heavy atom. The Kier molecular flexibility index (Phi) is 6.78. The van der Waals surface area contributed by atoms with E-state index in [1.54, 1.807) is 24.1 Å². The minimum absolute atomic E-state index is 0.145. The number of carbonyl (C=O) groups excluding carboxylic acids is 2. The second-order valence-electron chi connectivity index (χ2n) is 7.53. The van der Waals surface area contributed by atoms with Gasteiger partial charge in [-0.05, 0) is 66.3 Å². The van der Waals surface area contributed by atoms with E-state index in [4.69, 9.17) is 9.15 Å². The third-order valence-corrected chi connectivity index (χ3v) is 5.88. The van der Waals surface area contributed by atoms with Gasteiger partial charge in [0.25, 0.3) is 5.91 Å². The van der Waals surface area contributed by atoms with Gasteiger partial charge in [-0.15, -0.1) is 5.73 Å². The SMILES string of the molecule is CN1C(=O)[C@@H](NC(=O)c2ccc(COC3=CC=C(Br)CC=C3)o2)CCC2=C=CC=CC=C21. The number of carbonyl (C=O) groups is 2. The number of nitrogens with zero attached hydrogens (tertiary/aromatic N) is 1. The molecule has 0 aromatic carbocycles. The summed E-state index contributed by atoms with van der Waals surface area (Å²) in [6.45, 7) is 0.197. The summed E-state index contributed by atoms with van der Waals surface area (Å²) in [4.78, 5) is 27.3. The van der Waals surface area contributed by atoms with Crippen LogP contribution in [0.15, 0.2) is 92.4 Å². The van der Waals surface area contributed by atoms with Crippen molar-refractivity contribution in [2.45, 2.75) is 31.9 Å². The van der Waals surface area contributed by atoms with Crippen molar-refractivity contribution in [2.75, 3.05) is 7.05 Å². The van der Waals surface area contributed by atoms with Gasteiger partial charge in [0.2, 0.25) is 5.91 Å². The van der Waals surface area contributed by atoms with Gasteiger partial charge < -0.3 is 19.4 Å². The fraction of sp³-hybridized carbons (Fsp3) is 0.240. The maximum absolute atomic E-state index is 12.9. The molecular weight excluding hydrogens is 472 g/mol. The molecule has 2 aliphatic carbocycles. The molecule has 1 atom stereocenters. The van der Waals surface area contributed by atoms with E-state index in [0.29, 0.717) is 24.4 Å². The first-order valence-electron chi connectivity index (χ1n) is 10.4. The topological polar surface area (TPSA) is 71.8 Å². The van der Waals surface area contributed by atoms with Crippen LogP contribution in [-0.2, 0) is 16.1 Å². The fourth-order valence-corrected chi connectivity index (χ4v) is 3.90. The number of halogens is 1. The number of rotatable bonds is 5. The van der Waals surface area contributed by atoms with Crippen molar-refractivity contribution in [2.24, 2.45) is 0 Å². The summed E-state index contributed by atoms with van der Waals surface area (Å²) < 4.78 is 12.5. The maximum atomic E-state index is 12.9. The summed E-state index contributed by atoms with van der Waals surface area (Å²) in [5.74, 6) is 0.781. The van der Waals surface area contributed by atoms with Gasteiger partial charge in [0.15, 0.2) is 5.76 Å². The van der Waals surface area contributed by atoms with Gasteiger partial charge in [-0.2, -0.15) is 0 Å². The first-order chi connectivity index (χ1) is 15.5. The molecule has 3 aliphatic rings. The summed E-state index contributed by atoms with van der Waals surface area (Å²) in [6.07, 6.45) is 17.1. The zero-order valence-corrected chi connectivity index (χ0v) is 19.2. The lowest BCUT2D eigenvalue weighted by Gasteiger charge is -2.22. The average molecular weight is 495 g/mol. The van der Waals surface area contributed by atoms with Crippen LogP contribution in [0.25, 0.3) is 0 Å². The minimum atomic E-state index is -0.644. The number of hydrogen-bond acceptors (Lipinski definition) is 4. The number of amides is 2. The van der Waals surface area contributed by atoms with Crippen molar-refractivity contribution < 1.29 is 18.7 Å². The van der Waals surface area contributed by atoms with Crippen molar-refractivity contribution in [3.63, 3.8) is 0 Å². The van der Waals surface area contributed by atoms with Gasteiger partial charge in [-0.25, -0.2) is 0 Å². The molecule has 0 unspecified atom stereocenters. The van der Waals surface area contributed by atoms with Crippen LogP contribution in [0.4, 0.5) is 0 Å². The van der Waals surface area contributed by atoms with E-state index in [-0.39, 0.29) is 18.3 Å². The highest BCUT2D eigenvalue weighted by Crippen LogP contribution is 2.26. The van der Waals surface area contributed by atoms with Crippen LogP contribution in [0.3, 0.4) is 0 Å². The van der Waals surface area contributed by atoms with Crippen molar-refractivity contribution in [3.8, 4) is 0 Å². The smallest absolute Gasteiger partial charge is 0.287 e. The van der Waals surface area contributed by atoms with E-state index in [9.17, 15) is 9.59 Å². The first kappa shape index (κ1) is 21.9. The van der Waals surface area contributed by atoms with Crippen LogP contribution in [0, 0.1) is 0 Å². The van der Waals surface area contributed by atoms with Gasteiger partial charge in [0, 0.05) is 12.6 Å². The normalized spacial score (nSPS) is 20.2. The predicted molar refractivity (Wildman–Crippen MR) is 124 cm³/mol. The second-order valence-corrected chi connectivity index (χ2v) is 8.55. The van der Waals surface area contributed by atoms with Crippen LogP contribution in [0.1, 0.15) is 35.6 Å². The van der Waals surface area contributed by atoms with Gasteiger partial charge in [0.1, 0.15) is 24.2 Å². The molecule has 2 heterocycles. The molecule has 32 heavy (non-hydrogen) atoms. The number of allylic oxidation sites excluding steroid dienone is 9. The monoisotopic (exact) mass is 494 g/mol. The molecule has 0 bridgehead atoms. The van der Waals surface area contributed by atoms with Crippen molar-refractivity contribution in [3.05, 3.63) is 99.5 Å². The lowest BCUT2D eigenvalue weighted by atomic mass is 10.1. The molecule has 1 aliphatic heterocycles. The zero-order chi connectivity index (χ0) is 22.5. The van der Waals surface area contributed by atoms with Gasteiger partial charge in [-0.3, -0.25) is 9.59 Å². The number of hydrogen-bond donors (Lipinski definition) is 1. The molecule has 1 N–H and O–H groups in total. The fourth-order valence-electron chi connectivity index (χ4n) is 3.58. The van der Waals surface area contributed by atoms with Crippen LogP contribution in [-0.4, -0.2) is 29.8 Å². The molecule has 1 saturated heterocycles. The Morgan fingerprint density at radius 3 is 3.06 bits per heavy atom. The van der Waals surface area contributed by atoms with Crippen molar-refractivity contribution in [1.82, 2.24) is 10.2 Å². The van der Waals surface area contributed by atoms with Crippen LogP contribution < -0.4 is 5.32 Å². The van der Waals surface area contributed by atoms with Crippen LogP contribution >= 0.6 is 15.9 Å². The molecule has 1 aromatic heterocycles.